The first-order valence-electron chi connectivity index (χ1n) is 14.8. The third-order valence-corrected chi connectivity index (χ3v) is 7.80. The van der Waals surface area contributed by atoms with E-state index in [-0.39, 0.29) is 17.4 Å². The normalized spacial score (nSPS) is 12.5. The van der Waals surface area contributed by atoms with E-state index in [9.17, 15) is 9.59 Å². The molecule has 5 rings (SSSR count). The number of carbonyl (C=O) groups is 1. The van der Waals surface area contributed by atoms with Crippen molar-refractivity contribution in [3.8, 4) is 17.1 Å². The lowest BCUT2D eigenvalue weighted by molar-refractivity contribution is -0.146. The predicted octanol–water partition coefficient (Wildman–Crippen LogP) is 7.16. The van der Waals surface area contributed by atoms with Crippen molar-refractivity contribution in [2.45, 2.75) is 60.4 Å². The molecule has 0 aliphatic rings. The summed E-state index contributed by atoms with van der Waals surface area (Å²) in [6.07, 6.45) is 1.70. The highest BCUT2D eigenvalue weighted by Gasteiger charge is 2.23. The largest absolute Gasteiger partial charge is 0.494 e. The summed E-state index contributed by atoms with van der Waals surface area (Å²) in [5, 5.41) is 6.19. The molecule has 0 aliphatic carbocycles. The zero-order chi connectivity index (χ0) is 30.8. The van der Waals surface area contributed by atoms with Gasteiger partial charge in [0.1, 0.15) is 11.8 Å². The molecule has 0 radical (unpaired) electrons. The van der Waals surface area contributed by atoms with Crippen molar-refractivity contribution in [3.05, 3.63) is 93.4 Å². The van der Waals surface area contributed by atoms with Crippen LogP contribution in [0.5, 0.6) is 5.75 Å². The molecule has 2 heterocycles. The number of benzene rings is 3. The van der Waals surface area contributed by atoms with Crippen LogP contribution in [0.15, 0.2) is 70.6 Å². The van der Waals surface area contributed by atoms with Crippen LogP contribution in [0.1, 0.15) is 69.0 Å². The third-order valence-electron chi connectivity index (χ3n) is 7.80. The highest BCUT2D eigenvalue weighted by atomic mass is 16.5. The van der Waals surface area contributed by atoms with Crippen LogP contribution >= 0.6 is 0 Å². The minimum atomic E-state index is -0.534. The molecular weight excluding hydrogens is 540 g/mol. The van der Waals surface area contributed by atoms with Crippen LogP contribution in [0.25, 0.3) is 33.2 Å². The molecule has 8 nitrogen and oxygen atoms in total. The summed E-state index contributed by atoms with van der Waals surface area (Å²) in [5.41, 5.74) is 5.64. The Kier molecular flexibility index (Phi) is 8.48. The smallest absolute Gasteiger partial charge is 0.328 e. The Morgan fingerprint density at radius 1 is 0.977 bits per heavy atom. The van der Waals surface area contributed by atoms with Gasteiger partial charge in [-0.15, -0.1) is 0 Å². The number of ether oxygens (including phenoxy) is 2. The second-order valence-electron chi connectivity index (χ2n) is 10.9. The molecule has 43 heavy (non-hydrogen) atoms. The standard InChI is InChI=1S/C35H38N4O4/c1-8-42-32-18-22(5)28(19-27(32)21(3)4)33-37-30-16-12-10-15-26(30)34(40)39(33)36-20-29-23(6)38(24(7)35(41)43-9-2)31-17-13-11-14-25(29)31/h10-21,24H,8-9H2,1-7H3/t24-/m1/s1. The first kappa shape index (κ1) is 29.8. The van der Waals surface area contributed by atoms with E-state index in [2.05, 4.69) is 19.9 Å². The minimum Gasteiger partial charge on any atom is -0.494 e. The molecule has 0 unspecified atom stereocenters. The van der Waals surface area contributed by atoms with E-state index in [0.29, 0.717) is 29.9 Å². The van der Waals surface area contributed by atoms with Gasteiger partial charge in [0.05, 0.1) is 30.3 Å². The molecular formula is C35H38N4O4. The highest BCUT2D eigenvalue weighted by Crippen LogP contribution is 2.34. The molecule has 0 saturated heterocycles. The summed E-state index contributed by atoms with van der Waals surface area (Å²) in [4.78, 5) is 31.7. The van der Waals surface area contributed by atoms with E-state index in [1.165, 1.54) is 4.68 Å². The Labute approximate surface area is 251 Å². The second-order valence-corrected chi connectivity index (χ2v) is 10.9. The van der Waals surface area contributed by atoms with E-state index in [1.807, 2.05) is 80.8 Å². The quantitative estimate of drug-likeness (QED) is 0.137. The number of aryl methyl sites for hydroxylation is 1. The maximum Gasteiger partial charge on any atom is 0.328 e. The van der Waals surface area contributed by atoms with Gasteiger partial charge in [-0.25, -0.2) is 9.78 Å². The van der Waals surface area contributed by atoms with Gasteiger partial charge < -0.3 is 14.0 Å². The molecule has 0 fully saturated rings. The summed E-state index contributed by atoms with van der Waals surface area (Å²) in [5.74, 6) is 1.17. The minimum absolute atomic E-state index is 0.195. The lowest BCUT2D eigenvalue weighted by Gasteiger charge is -2.18. The van der Waals surface area contributed by atoms with Crippen molar-refractivity contribution in [1.29, 1.82) is 0 Å². The number of aromatic nitrogens is 3. The third kappa shape index (κ3) is 5.45. The Balaban J connectivity index is 1.75. The maximum absolute atomic E-state index is 14.0. The maximum atomic E-state index is 14.0. The van der Waals surface area contributed by atoms with Gasteiger partial charge in [-0.3, -0.25) is 4.79 Å². The second kappa shape index (κ2) is 12.3. The number of rotatable bonds is 9. The fourth-order valence-corrected chi connectivity index (χ4v) is 5.64. The Morgan fingerprint density at radius 2 is 1.67 bits per heavy atom. The van der Waals surface area contributed by atoms with Crippen molar-refractivity contribution in [2.24, 2.45) is 5.10 Å². The summed E-state index contributed by atoms with van der Waals surface area (Å²) < 4.78 is 14.6. The number of carbonyl (C=O) groups excluding carboxylic acids is 1. The van der Waals surface area contributed by atoms with Crippen molar-refractivity contribution < 1.29 is 14.3 Å². The number of esters is 1. The van der Waals surface area contributed by atoms with Crippen molar-refractivity contribution in [1.82, 2.24) is 14.2 Å². The Bertz CT molecular complexity index is 1920. The SMILES string of the molecule is CCOC(=O)[C@@H](C)n1c(C)c(C=Nn2c(-c3cc(C(C)C)c(OCC)cc3C)nc3ccccc3c2=O)c2ccccc21. The molecule has 0 amide bonds. The van der Waals surface area contributed by atoms with Crippen LogP contribution in [-0.2, 0) is 9.53 Å². The number of hydrogen-bond acceptors (Lipinski definition) is 6. The molecule has 222 valence electrons. The summed E-state index contributed by atoms with van der Waals surface area (Å²) in [6.45, 7) is 14.6. The van der Waals surface area contributed by atoms with Gasteiger partial charge in [-0.2, -0.15) is 9.78 Å². The van der Waals surface area contributed by atoms with Gasteiger partial charge >= 0.3 is 5.97 Å². The fourth-order valence-electron chi connectivity index (χ4n) is 5.64. The van der Waals surface area contributed by atoms with E-state index in [4.69, 9.17) is 19.6 Å². The number of nitrogens with zero attached hydrogens (tertiary/aromatic N) is 4. The van der Waals surface area contributed by atoms with Crippen molar-refractivity contribution in [3.63, 3.8) is 0 Å². The molecule has 2 aromatic heterocycles. The molecule has 0 spiro atoms. The fraction of sp³-hybridized carbons (Fsp3) is 0.314. The van der Waals surface area contributed by atoms with Gasteiger partial charge in [-0.05, 0) is 82.0 Å². The zero-order valence-corrected chi connectivity index (χ0v) is 25.8. The van der Waals surface area contributed by atoms with Crippen LogP contribution in [0.3, 0.4) is 0 Å². The van der Waals surface area contributed by atoms with Crippen LogP contribution in [0, 0.1) is 13.8 Å². The summed E-state index contributed by atoms with van der Waals surface area (Å²) in [7, 11) is 0. The van der Waals surface area contributed by atoms with Gasteiger partial charge in [0.2, 0.25) is 0 Å². The summed E-state index contributed by atoms with van der Waals surface area (Å²) >= 11 is 0. The van der Waals surface area contributed by atoms with Crippen LogP contribution < -0.4 is 10.3 Å². The van der Waals surface area contributed by atoms with E-state index >= 15 is 0 Å². The number of para-hydroxylation sites is 2. The molecule has 8 heteroatoms. The van der Waals surface area contributed by atoms with Gasteiger partial charge in [0, 0.05) is 27.7 Å². The number of fused-ring (bicyclic) bond motifs is 2. The first-order valence-corrected chi connectivity index (χ1v) is 14.8. The molecule has 3 aromatic carbocycles. The lowest BCUT2D eigenvalue weighted by Crippen LogP contribution is -2.21. The molecule has 0 bridgehead atoms. The van der Waals surface area contributed by atoms with E-state index in [1.54, 1.807) is 19.2 Å². The van der Waals surface area contributed by atoms with Crippen LogP contribution in [0.2, 0.25) is 0 Å². The monoisotopic (exact) mass is 578 g/mol. The van der Waals surface area contributed by atoms with Gasteiger partial charge in [0.25, 0.3) is 5.56 Å². The topological polar surface area (TPSA) is 87.7 Å². The Hall–Kier alpha value is -4.72. The Morgan fingerprint density at radius 3 is 2.37 bits per heavy atom. The first-order chi connectivity index (χ1) is 20.7. The summed E-state index contributed by atoms with van der Waals surface area (Å²) in [6, 6.07) is 18.7. The van der Waals surface area contributed by atoms with Crippen molar-refractivity contribution in [2.75, 3.05) is 13.2 Å². The van der Waals surface area contributed by atoms with Crippen LogP contribution in [0.4, 0.5) is 0 Å². The van der Waals surface area contributed by atoms with Gasteiger partial charge in [0.15, 0.2) is 5.82 Å². The average Bonchev–Trinajstić information content (AvgIpc) is 3.27. The predicted molar refractivity (Wildman–Crippen MR) is 172 cm³/mol. The van der Waals surface area contributed by atoms with Gasteiger partial charge in [-0.1, -0.05) is 44.2 Å². The van der Waals surface area contributed by atoms with E-state index < -0.39 is 6.04 Å². The molecule has 5 aromatic rings. The lowest BCUT2D eigenvalue weighted by atomic mass is 9.96. The molecule has 1 atom stereocenters. The number of hydrogen-bond donors (Lipinski definition) is 0. The average molecular weight is 579 g/mol. The highest BCUT2D eigenvalue weighted by molar-refractivity contribution is 6.02. The molecule has 0 aliphatic heterocycles. The van der Waals surface area contributed by atoms with Crippen molar-refractivity contribution >= 4 is 34.0 Å². The molecule has 0 saturated carbocycles. The zero-order valence-electron chi connectivity index (χ0n) is 25.8. The van der Waals surface area contributed by atoms with E-state index in [0.717, 1.165) is 44.6 Å². The van der Waals surface area contributed by atoms with Crippen LogP contribution in [-0.4, -0.2) is 39.6 Å². The molecule has 0 N–H and O–H groups in total.